The molecular weight excluding hydrogens is 308 g/mol. The van der Waals surface area contributed by atoms with Crippen molar-refractivity contribution in [1.29, 1.82) is 0 Å². The third kappa shape index (κ3) is 3.70. The highest BCUT2D eigenvalue weighted by atomic mass is 16.5. The number of carbonyl (C=O) groups excluding carboxylic acids is 2. The number of urea groups is 1. The lowest BCUT2D eigenvalue weighted by Gasteiger charge is -2.24. The lowest BCUT2D eigenvalue weighted by atomic mass is 9.93. The molecule has 1 saturated heterocycles. The first-order valence-corrected chi connectivity index (χ1v) is 8.34. The van der Waals surface area contributed by atoms with Gasteiger partial charge in [0.15, 0.2) is 0 Å². The molecular formula is C18H26N2O4. The van der Waals surface area contributed by atoms with Crippen molar-refractivity contribution >= 4 is 11.9 Å². The van der Waals surface area contributed by atoms with E-state index in [0.717, 1.165) is 16.0 Å². The highest BCUT2D eigenvalue weighted by Crippen LogP contribution is 2.25. The van der Waals surface area contributed by atoms with Crippen LogP contribution >= 0.6 is 0 Å². The number of rotatable bonds is 7. The molecule has 0 saturated carbocycles. The molecule has 2 N–H and O–H groups in total. The number of hydrogen-bond acceptors (Lipinski definition) is 4. The summed E-state index contributed by atoms with van der Waals surface area (Å²) in [5, 5.41) is 12.9. The van der Waals surface area contributed by atoms with Gasteiger partial charge >= 0.3 is 6.03 Å². The van der Waals surface area contributed by atoms with Gasteiger partial charge in [-0.25, -0.2) is 4.79 Å². The largest absolute Gasteiger partial charge is 0.491 e. The molecule has 24 heavy (non-hydrogen) atoms. The minimum atomic E-state index is -0.940. The van der Waals surface area contributed by atoms with E-state index in [1.54, 1.807) is 0 Å². The molecule has 2 rings (SSSR count). The molecule has 1 aromatic carbocycles. The average Bonchev–Trinajstić information content (AvgIpc) is 2.77. The zero-order valence-corrected chi connectivity index (χ0v) is 14.8. The summed E-state index contributed by atoms with van der Waals surface area (Å²) in [6, 6.07) is 5.35. The molecule has 0 radical (unpaired) electrons. The molecule has 132 valence electrons. The molecule has 1 aromatic rings. The van der Waals surface area contributed by atoms with Crippen LogP contribution in [-0.4, -0.2) is 46.7 Å². The number of nitrogens with one attached hydrogen (secondary N) is 1. The van der Waals surface area contributed by atoms with Crippen LogP contribution in [0.5, 0.6) is 5.75 Å². The van der Waals surface area contributed by atoms with Crippen molar-refractivity contribution in [2.75, 3.05) is 13.2 Å². The number of benzene rings is 1. The van der Waals surface area contributed by atoms with Crippen molar-refractivity contribution in [3.05, 3.63) is 29.3 Å². The Morgan fingerprint density at radius 1 is 1.17 bits per heavy atom. The highest BCUT2D eigenvalue weighted by Gasteiger charge is 2.48. The van der Waals surface area contributed by atoms with Gasteiger partial charge in [0.1, 0.15) is 24.0 Å². The predicted octanol–water partition coefficient (Wildman–Crippen LogP) is 2.15. The number of β-amino-alcohol motifs (C(OH)–C–C–N with tert-alkyl or cyclic N) is 1. The van der Waals surface area contributed by atoms with Crippen molar-refractivity contribution in [2.45, 2.75) is 52.2 Å². The molecule has 0 aliphatic carbocycles. The smallest absolute Gasteiger partial charge is 0.325 e. The monoisotopic (exact) mass is 334 g/mol. The Bertz CT molecular complexity index is 605. The number of aryl methyl sites for hydroxylation is 2. The van der Waals surface area contributed by atoms with E-state index in [1.165, 1.54) is 0 Å². The summed E-state index contributed by atoms with van der Waals surface area (Å²) in [6.45, 7) is 7.62. The third-order valence-electron chi connectivity index (χ3n) is 4.48. The lowest BCUT2D eigenvalue weighted by molar-refractivity contribution is -0.132. The normalized spacial score (nSPS) is 17.8. The first-order valence-electron chi connectivity index (χ1n) is 8.34. The van der Waals surface area contributed by atoms with Gasteiger partial charge in [-0.05, 0) is 49.9 Å². The topological polar surface area (TPSA) is 78.9 Å². The number of aliphatic hydroxyl groups is 1. The Morgan fingerprint density at radius 2 is 1.75 bits per heavy atom. The molecule has 1 aliphatic rings. The first kappa shape index (κ1) is 18.3. The van der Waals surface area contributed by atoms with E-state index < -0.39 is 17.7 Å². The molecule has 0 aromatic heterocycles. The maximum absolute atomic E-state index is 12.5. The van der Waals surface area contributed by atoms with Crippen LogP contribution in [0.4, 0.5) is 4.79 Å². The van der Waals surface area contributed by atoms with E-state index in [-0.39, 0.29) is 19.1 Å². The molecule has 1 aliphatic heterocycles. The Hall–Kier alpha value is -2.08. The van der Waals surface area contributed by atoms with Gasteiger partial charge in [0.25, 0.3) is 5.91 Å². The number of imide groups is 1. The number of hydrogen-bond donors (Lipinski definition) is 2. The van der Waals surface area contributed by atoms with Crippen molar-refractivity contribution in [3.8, 4) is 5.75 Å². The van der Waals surface area contributed by atoms with Gasteiger partial charge in [-0.2, -0.15) is 0 Å². The molecule has 0 bridgehead atoms. The highest BCUT2D eigenvalue weighted by molar-refractivity contribution is 6.07. The molecule has 6 nitrogen and oxygen atoms in total. The quantitative estimate of drug-likeness (QED) is 0.749. The van der Waals surface area contributed by atoms with Gasteiger partial charge in [-0.1, -0.05) is 19.9 Å². The van der Waals surface area contributed by atoms with E-state index in [4.69, 9.17) is 4.74 Å². The van der Waals surface area contributed by atoms with Crippen molar-refractivity contribution in [1.82, 2.24) is 10.2 Å². The molecule has 3 amide bonds. The van der Waals surface area contributed by atoms with Gasteiger partial charge in [-0.3, -0.25) is 9.69 Å². The summed E-state index contributed by atoms with van der Waals surface area (Å²) in [4.78, 5) is 25.6. The van der Waals surface area contributed by atoms with Crippen molar-refractivity contribution < 1.29 is 19.4 Å². The maximum atomic E-state index is 12.5. The Balaban J connectivity index is 1.96. The van der Waals surface area contributed by atoms with Crippen LogP contribution in [0.25, 0.3) is 0 Å². The summed E-state index contributed by atoms with van der Waals surface area (Å²) in [5.74, 6) is 0.392. The second-order valence-electron chi connectivity index (χ2n) is 6.42. The third-order valence-corrected chi connectivity index (χ3v) is 4.48. The molecule has 1 heterocycles. The summed E-state index contributed by atoms with van der Waals surface area (Å²) in [6.07, 6.45) is 0.115. The summed E-state index contributed by atoms with van der Waals surface area (Å²) in [5.41, 5.74) is 1.30. The fourth-order valence-electron chi connectivity index (χ4n) is 3.04. The van der Waals surface area contributed by atoms with E-state index in [0.29, 0.717) is 18.6 Å². The van der Waals surface area contributed by atoms with Crippen molar-refractivity contribution in [3.63, 3.8) is 0 Å². The van der Waals surface area contributed by atoms with Crippen LogP contribution in [0.3, 0.4) is 0 Å². The lowest BCUT2D eigenvalue weighted by Crippen LogP contribution is -2.46. The zero-order chi connectivity index (χ0) is 17.9. The molecule has 0 spiro atoms. The van der Waals surface area contributed by atoms with Crippen LogP contribution in [0.15, 0.2) is 18.2 Å². The second-order valence-corrected chi connectivity index (χ2v) is 6.42. The number of ether oxygens (including phenoxy) is 1. The van der Waals surface area contributed by atoms with Gasteiger partial charge in [0.2, 0.25) is 0 Å². The maximum Gasteiger partial charge on any atom is 0.325 e. The molecule has 1 atom stereocenters. The number of aliphatic hydroxyl groups excluding tert-OH is 1. The number of carbonyl (C=O) groups is 2. The summed E-state index contributed by atoms with van der Waals surface area (Å²) >= 11 is 0. The Kier molecular flexibility index (Phi) is 5.49. The summed E-state index contributed by atoms with van der Waals surface area (Å²) in [7, 11) is 0. The predicted molar refractivity (Wildman–Crippen MR) is 91.0 cm³/mol. The van der Waals surface area contributed by atoms with E-state index in [2.05, 4.69) is 5.32 Å². The second kappa shape index (κ2) is 7.21. The van der Waals surface area contributed by atoms with Crippen LogP contribution in [0.1, 0.15) is 37.8 Å². The van der Waals surface area contributed by atoms with Crippen LogP contribution < -0.4 is 10.1 Å². The van der Waals surface area contributed by atoms with Crippen molar-refractivity contribution in [2.24, 2.45) is 0 Å². The van der Waals surface area contributed by atoms with Gasteiger partial charge in [0.05, 0.1) is 6.54 Å². The SMILES string of the molecule is CCC1(CC)NC(=O)N(C[C@@H](O)COc2cc(C)cc(C)c2)C1=O. The standard InChI is InChI=1S/C18H26N2O4/c1-5-18(6-2)16(22)20(17(23)19-18)10-14(21)11-24-15-8-12(3)7-13(4)9-15/h7-9,14,21H,5-6,10-11H2,1-4H3,(H,19,23)/t14-/m1/s1. The van der Waals surface area contributed by atoms with Gasteiger partial charge in [0, 0.05) is 0 Å². The minimum Gasteiger partial charge on any atom is -0.491 e. The Morgan fingerprint density at radius 3 is 2.25 bits per heavy atom. The first-order chi connectivity index (χ1) is 11.3. The molecule has 1 fully saturated rings. The van der Waals surface area contributed by atoms with Gasteiger partial charge < -0.3 is 15.2 Å². The molecule has 6 heteroatoms. The van der Waals surface area contributed by atoms with Crippen LogP contribution in [0.2, 0.25) is 0 Å². The minimum absolute atomic E-state index is 0.0191. The number of nitrogens with zero attached hydrogens (tertiary/aromatic N) is 1. The van der Waals surface area contributed by atoms with Crippen LogP contribution in [0, 0.1) is 13.8 Å². The number of amides is 3. The fraction of sp³-hybridized carbons (Fsp3) is 0.556. The van der Waals surface area contributed by atoms with E-state index in [1.807, 2.05) is 45.9 Å². The zero-order valence-electron chi connectivity index (χ0n) is 14.8. The summed E-state index contributed by atoms with van der Waals surface area (Å²) < 4.78 is 5.60. The Labute approximate surface area is 142 Å². The fourth-order valence-corrected chi connectivity index (χ4v) is 3.04. The van der Waals surface area contributed by atoms with Gasteiger partial charge in [-0.15, -0.1) is 0 Å². The average molecular weight is 334 g/mol. The van der Waals surface area contributed by atoms with E-state index in [9.17, 15) is 14.7 Å². The van der Waals surface area contributed by atoms with E-state index >= 15 is 0 Å². The molecule has 0 unspecified atom stereocenters. The van der Waals surface area contributed by atoms with Crippen LogP contribution in [-0.2, 0) is 4.79 Å².